The summed E-state index contributed by atoms with van der Waals surface area (Å²) >= 11 is 0. The van der Waals surface area contributed by atoms with Crippen LogP contribution < -0.4 is 19.8 Å². The minimum absolute atomic E-state index is 0.0303. The van der Waals surface area contributed by atoms with Gasteiger partial charge < -0.3 is 34.0 Å². The molecule has 0 saturated carbocycles. The van der Waals surface area contributed by atoms with Gasteiger partial charge in [0.1, 0.15) is 24.4 Å². The van der Waals surface area contributed by atoms with E-state index in [1.165, 1.54) is 13.3 Å². The summed E-state index contributed by atoms with van der Waals surface area (Å²) in [5, 5.41) is 34.0. The van der Waals surface area contributed by atoms with Gasteiger partial charge in [0.15, 0.2) is 5.75 Å². The van der Waals surface area contributed by atoms with Gasteiger partial charge in [-0.2, -0.15) is 0 Å². The maximum atomic E-state index is 10.8. The molecule has 0 radical (unpaired) electrons. The van der Waals surface area contributed by atoms with Crippen LogP contribution in [0.5, 0.6) is 11.6 Å². The number of nitrogens with zero attached hydrogens (tertiary/aromatic N) is 1. The van der Waals surface area contributed by atoms with Gasteiger partial charge in [0.25, 0.3) is 14.2 Å². The van der Waals surface area contributed by atoms with Crippen LogP contribution in [0.2, 0.25) is 5.04 Å². The molecule has 1 saturated heterocycles. The van der Waals surface area contributed by atoms with Crippen molar-refractivity contribution < 1.29 is 34.0 Å². The number of methoxy groups -OCH3 is 1. The third kappa shape index (κ3) is 5.43. The van der Waals surface area contributed by atoms with E-state index in [0.717, 1.165) is 10.4 Å². The van der Waals surface area contributed by atoms with Gasteiger partial charge in [-0.15, -0.1) is 0 Å². The molecular weight excluding hydrogens is 490 g/mol. The lowest BCUT2D eigenvalue weighted by molar-refractivity contribution is -0.277. The highest BCUT2D eigenvalue weighted by atomic mass is 28.4. The molecule has 198 valence electrons. The Morgan fingerprint density at radius 1 is 0.838 bits per heavy atom. The summed E-state index contributed by atoms with van der Waals surface area (Å²) in [4.78, 5) is 4.14. The van der Waals surface area contributed by atoms with Crippen molar-refractivity contribution in [1.82, 2.24) is 4.98 Å². The second kappa shape index (κ2) is 11.3. The third-order valence-electron chi connectivity index (χ3n) is 6.73. The summed E-state index contributed by atoms with van der Waals surface area (Å²) in [6, 6.07) is 23.5. The topological polar surface area (TPSA) is 111 Å². The lowest BCUT2D eigenvalue weighted by Gasteiger charge is -2.45. The molecule has 5 atom stereocenters. The van der Waals surface area contributed by atoms with Crippen LogP contribution in [0, 0.1) is 0 Å². The molecule has 2 aromatic carbocycles. The Morgan fingerprint density at radius 2 is 1.43 bits per heavy atom. The first kappa shape index (κ1) is 27.2. The van der Waals surface area contributed by atoms with Gasteiger partial charge in [0.05, 0.1) is 13.7 Å². The standard InChI is InChI=1S/C28H35NO7Si/c1-28(2,3)37(19-12-7-5-8-13-19,20-14-9-6-10-15-20)34-18-22-23(30)24(31)25(32)27(35-22)36-26-21(33-4)16-11-17-29-26/h5-17,22-25,27,30-32H,18H2,1-4H3/t22-,23+,24+,25-,27+/m1/s1. The number of aliphatic hydroxyl groups is 3. The van der Waals surface area contributed by atoms with Gasteiger partial charge in [0, 0.05) is 6.20 Å². The number of aliphatic hydroxyl groups excluding tert-OH is 3. The fraction of sp³-hybridized carbons (Fsp3) is 0.393. The predicted octanol–water partition coefficient (Wildman–Crippen LogP) is 1.85. The quantitative estimate of drug-likeness (QED) is 0.382. The molecule has 1 aliphatic rings. The molecule has 0 unspecified atom stereocenters. The maximum absolute atomic E-state index is 10.8. The Morgan fingerprint density at radius 3 is 1.97 bits per heavy atom. The number of hydrogen-bond donors (Lipinski definition) is 3. The second-order valence-electron chi connectivity index (χ2n) is 10.1. The van der Waals surface area contributed by atoms with Crippen LogP contribution in [0.4, 0.5) is 0 Å². The normalized spacial score (nSPS) is 24.5. The summed E-state index contributed by atoms with van der Waals surface area (Å²) in [7, 11) is -1.45. The van der Waals surface area contributed by atoms with Crippen molar-refractivity contribution >= 4 is 18.7 Å². The van der Waals surface area contributed by atoms with Gasteiger partial charge >= 0.3 is 0 Å². The second-order valence-corrected chi connectivity index (χ2v) is 14.4. The first-order valence-electron chi connectivity index (χ1n) is 12.3. The Kier molecular flexibility index (Phi) is 8.32. The smallest absolute Gasteiger partial charge is 0.261 e. The van der Waals surface area contributed by atoms with Crippen LogP contribution in [0.3, 0.4) is 0 Å². The molecule has 1 fully saturated rings. The molecule has 4 rings (SSSR count). The molecule has 3 aromatic rings. The molecule has 0 aliphatic carbocycles. The highest BCUT2D eigenvalue weighted by Gasteiger charge is 2.52. The molecule has 37 heavy (non-hydrogen) atoms. The first-order chi connectivity index (χ1) is 17.7. The van der Waals surface area contributed by atoms with Gasteiger partial charge in [0.2, 0.25) is 6.29 Å². The van der Waals surface area contributed by atoms with Gasteiger partial charge in [-0.25, -0.2) is 4.98 Å². The highest BCUT2D eigenvalue weighted by Crippen LogP contribution is 2.37. The van der Waals surface area contributed by atoms with Crippen molar-refractivity contribution in [3.63, 3.8) is 0 Å². The molecule has 1 aliphatic heterocycles. The lowest BCUT2D eigenvalue weighted by Crippen LogP contribution is -2.68. The summed E-state index contributed by atoms with van der Waals surface area (Å²) in [6.45, 7) is 6.41. The zero-order valence-electron chi connectivity index (χ0n) is 21.5. The Hall–Kier alpha value is -2.79. The van der Waals surface area contributed by atoms with Crippen molar-refractivity contribution in [2.75, 3.05) is 13.7 Å². The van der Waals surface area contributed by atoms with Crippen molar-refractivity contribution in [3.8, 4) is 11.6 Å². The average Bonchev–Trinajstić information content (AvgIpc) is 2.91. The van der Waals surface area contributed by atoms with E-state index in [1.54, 1.807) is 12.1 Å². The number of pyridine rings is 1. The fourth-order valence-electron chi connectivity index (χ4n) is 4.85. The van der Waals surface area contributed by atoms with Gasteiger partial charge in [-0.05, 0) is 27.5 Å². The van der Waals surface area contributed by atoms with E-state index in [-0.39, 0.29) is 17.5 Å². The molecule has 0 bridgehead atoms. The summed E-state index contributed by atoms with van der Waals surface area (Å²) in [5.41, 5.74) is 0. The Labute approximate surface area is 218 Å². The van der Waals surface area contributed by atoms with Crippen LogP contribution in [-0.4, -0.2) is 73.0 Å². The maximum Gasteiger partial charge on any atom is 0.261 e. The van der Waals surface area contributed by atoms with Crippen LogP contribution in [0.1, 0.15) is 20.8 Å². The minimum atomic E-state index is -2.92. The summed E-state index contributed by atoms with van der Waals surface area (Å²) in [5.74, 6) is 0.448. The molecule has 2 heterocycles. The fourth-order valence-corrected chi connectivity index (χ4v) is 9.42. The van der Waals surface area contributed by atoms with Crippen molar-refractivity contribution in [2.45, 2.75) is 56.5 Å². The van der Waals surface area contributed by atoms with Gasteiger partial charge in [-0.3, -0.25) is 0 Å². The van der Waals surface area contributed by atoms with Crippen molar-refractivity contribution in [2.24, 2.45) is 0 Å². The predicted molar refractivity (Wildman–Crippen MR) is 142 cm³/mol. The third-order valence-corrected chi connectivity index (χ3v) is 11.7. The molecule has 1 aromatic heterocycles. The monoisotopic (exact) mass is 525 g/mol. The zero-order chi connectivity index (χ0) is 26.6. The van der Waals surface area contributed by atoms with Crippen LogP contribution in [-0.2, 0) is 9.16 Å². The average molecular weight is 526 g/mol. The first-order valence-corrected chi connectivity index (χ1v) is 14.2. The molecule has 3 N–H and O–H groups in total. The van der Waals surface area contributed by atoms with Gasteiger partial charge in [-0.1, -0.05) is 81.4 Å². The zero-order valence-corrected chi connectivity index (χ0v) is 22.5. The Balaban J connectivity index is 1.65. The van der Waals surface area contributed by atoms with E-state index in [1.807, 2.05) is 36.4 Å². The summed E-state index contributed by atoms with van der Waals surface area (Å²) < 4.78 is 23.9. The van der Waals surface area contributed by atoms with E-state index in [2.05, 4.69) is 50.0 Å². The van der Waals surface area contributed by atoms with E-state index < -0.39 is 39.0 Å². The van der Waals surface area contributed by atoms with Crippen LogP contribution in [0.15, 0.2) is 79.0 Å². The van der Waals surface area contributed by atoms with Crippen LogP contribution in [0.25, 0.3) is 0 Å². The van der Waals surface area contributed by atoms with Crippen molar-refractivity contribution in [1.29, 1.82) is 0 Å². The van der Waals surface area contributed by atoms with Crippen LogP contribution >= 0.6 is 0 Å². The molecular formula is C28H35NO7Si. The number of ether oxygens (including phenoxy) is 3. The Bertz CT molecular complexity index is 1100. The SMILES string of the molecule is COc1cccnc1O[C@@H]1O[C@H](CO[Si](c2ccccc2)(c2ccccc2)C(C)(C)C)[C@H](O)[C@H](O)[C@H]1O. The summed E-state index contributed by atoms with van der Waals surface area (Å²) in [6.07, 6.45) is -5.16. The highest BCUT2D eigenvalue weighted by molar-refractivity contribution is 6.99. The lowest BCUT2D eigenvalue weighted by atomic mass is 9.99. The molecule has 0 spiro atoms. The van der Waals surface area contributed by atoms with E-state index in [0.29, 0.717) is 5.75 Å². The van der Waals surface area contributed by atoms with E-state index >= 15 is 0 Å². The van der Waals surface area contributed by atoms with E-state index in [4.69, 9.17) is 18.6 Å². The minimum Gasteiger partial charge on any atom is -0.491 e. The molecule has 9 heteroatoms. The number of hydrogen-bond acceptors (Lipinski definition) is 8. The largest absolute Gasteiger partial charge is 0.491 e. The van der Waals surface area contributed by atoms with E-state index in [9.17, 15) is 15.3 Å². The molecule has 8 nitrogen and oxygen atoms in total. The number of aromatic nitrogens is 1. The molecule has 0 amide bonds. The van der Waals surface area contributed by atoms with Crippen molar-refractivity contribution in [3.05, 3.63) is 79.0 Å². The number of rotatable bonds is 8. The number of benzene rings is 2.